The molecule has 0 aliphatic rings. The number of halogens is 1. The molecule has 1 aromatic heterocycles. The standard InChI is InChI=1S/C13H15FN2OS/c14-11-3-1-2-10(4-11)13(7-15,8-17)5-12-6-16-9-18-12/h1-4,6,9,17H,5,7-8,15H2. The van der Waals surface area contributed by atoms with E-state index in [-0.39, 0.29) is 19.0 Å². The van der Waals surface area contributed by atoms with Gasteiger partial charge in [0.15, 0.2) is 0 Å². The van der Waals surface area contributed by atoms with Gasteiger partial charge in [0.2, 0.25) is 0 Å². The van der Waals surface area contributed by atoms with Crippen molar-refractivity contribution in [2.75, 3.05) is 13.2 Å². The molecule has 0 radical (unpaired) electrons. The molecule has 0 aliphatic carbocycles. The minimum absolute atomic E-state index is 0.120. The second kappa shape index (κ2) is 5.56. The van der Waals surface area contributed by atoms with Gasteiger partial charge in [0.25, 0.3) is 0 Å². The van der Waals surface area contributed by atoms with Crippen LogP contribution in [-0.2, 0) is 11.8 Å². The summed E-state index contributed by atoms with van der Waals surface area (Å²) in [6.45, 7) is 0.135. The van der Waals surface area contributed by atoms with Crippen LogP contribution in [0, 0.1) is 5.82 Å². The van der Waals surface area contributed by atoms with Gasteiger partial charge in [-0.25, -0.2) is 4.39 Å². The fraction of sp³-hybridized carbons (Fsp3) is 0.308. The molecule has 0 fully saturated rings. The second-order valence-electron chi connectivity index (χ2n) is 4.30. The van der Waals surface area contributed by atoms with Crippen molar-refractivity contribution < 1.29 is 9.50 Å². The SMILES string of the molecule is NCC(CO)(Cc1cncs1)c1cccc(F)c1. The van der Waals surface area contributed by atoms with Crippen LogP contribution in [0.1, 0.15) is 10.4 Å². The van der Waals surface area contributed by atoms with Gasteiger partial charge in [0.05, 0.1) is 12.1 Å². The van der Waals surface area contributed by atoms with Crippen molar-refractivity contribution in [2.45, 2.75) is 11.8 Å². The number of hydrogen-bond donors (Lipinski definition) is 2. The lowest BCUT2D eigenvalue weighted by Crippen LogP contribution is -2.40. The monoisotopic (exact) mass is 266 g/mol. The topological polar surface area (TPSA) is 59.1 Å². The third-order valence-corrected chi connectivity index (χ3v) is 3.91. The molecule has 96 valence electrons. The zero-order valence-corrected chi connectivity index (χ0v) is 10.7. The highest BCUT2D eigenvalue weighted by molar-refractivity contribution is 7.09. The maximum absolute atomic E-state index is 13.3. The van der Waals surface area contributed by atoms with Crippen LogP contribution >= 0.6 is 11.3 Å². The van der Waals surface area contributed by atoms with Crippen LogP contribution in [0.3, 0.4) is 0 Å². The molecule has 18 heavy (non-hydrogen) atoms. The first kappa shape index (κ1) is 13.1. The molecule has 0 bridgehead atoms. The number of hydrogen-bond acceptors (Lipinski definition) is 4. The van der Waals surface area contributed by atoms with Gasteiger partial charge in [0, 0.05) is 23.0 Å². The lowest BCUT2D eigenvalue weighted by atomic mass is 9.78. The first-order chi connectivity index (χ1) is 8.70. The van der Waals surface area contributed by atoms with E-state index in [4.69, 9.17) is 5.73 Å². The van der Waals surface area contributed by atoms with Crippen molar-refractivity contribution in [3.05, 3.63) is 52.2 Å². The molecular weight excluding hydrogens is 251 g/mol. The Labute approximate surface area is 109 Å². The van der Waals surface area contributed by atoms with Gasteiger partial charge in [0.1, 0.15) is 5.82 Å². The number of nitrogens with two attached hydrogens (primary N) is 1. The molecule has 0 saturated carbocycles. The van der Waals surface area contributed by atoms with Crippen LogP contribution in [-0.4, -0.2) is 23.2 Å². The molecule has 3 N–H and O–H groups in total. The Morgan fingerprint density at radius 2 is 2.28 bits per heavy atom. The van der Waals surface area contributed by atoms with Crippen molar-refractivity contribution >= 4 is 11.3 Å². The third-order valence-electron chi connectivity index (χ3n) is 3.13. The van der Waals surface area contributed by atoms with Gasteiger partial charge >= 0.3 is 0 Å². The van der Waals surface area contributed by atoms with E-state index in [1.807, 2.05) is 0 Å². The molecule has 3 nitrogen and oxygen atoms in total. The average Bonchev–Trinajstić information content (AvgIpc) is 2.89. The van der Waals surface area contributed by atoms with Gasteiger partial charge in [-0.2, -0.15) is 0 Å². The quantitative estimate of drug-likeness (QED) is 0.866. The zero-order chi connectivity index (χ0) is 13.0. The maximum Gasteiger partial charge on any atom is 0.123 e. The lowest BCUT2D eigenvalue weighted by molar-refractivity contribution is 0.196. The van der Waals surface area contributed by atoms with E-state index in [2.05, 4.69) is 4.98 Å². The van der Waals surface area contributed by atoms with Crippen molar-refractivity contribution in [3.8, 4) is 0 Å². The van der Waals surface area contributed by atoms with Crippen LogP contribution < -0.4 is 5.73 Å². The summed E-state index contributed by atoms with van der Waals surface area (Å²) in [6, 6.07) is 6.25. The second-order valence-corrected chi connectivity index (χ2v) is 5.27. The maximum atomic E-state index is 13.3. The van der Waals surface area contributed by atoms with E-state index in [1.165, 1.54) is 23.5 Å². The van der Waals surface area contributed by atoms with Crippen LogP contribution in [0.2, 0.25) is 0 Å². The molecule has 5 heteroatoms. The fourth-order valence-corrected chi connectivity index (χ4v) is 2.72. The molecule has 1 aromatic carbocycles. The molecule has 1 unspecified atom stereocenters. The van der Waals surface area contributed by atoms with Crippen molar-refractivity contribution in [1.82, 2.24) is 4.98 Å². The van der Waals surface area contributed by atoms with Gasteiger partial charge in [-0.15, -0.1) is 11.3 Å². The number of thiazole rings is 1. The fourth-order valence-electron chi connectivity index (χ4n) is 1.99. The predicted octanol–water partition coefficient (Wildman–Crippen LogP) is 1.71. The molecule has 1 heterocycles. The molecule has 2 rings (SSSR count). The van der Waals surface area contributed by atoms with Crippen molar-refractivity contribution in [1.29, 1.82) is 0 Å². The van der Waals surface area contributed by atoms with E-state index < -0.39 is 5.41 Å². The van der Waals surface area contributed by atoms with Gasteiger partial charge in [-0.1, -0.05) is 12.1 Å². The summed E-state index contributed by atoms with van der Waals surface area (Å²) in [7, 11) is 0. The zero-order valence-electron chi connectivity index (χ0n) is 9.84. The Kier molecular flexibility index (Phi) is 4.06. The summed E-state index contributed by atoms with van der Waals surface area (Å²) in [5.74, 6) is -0.317. The highest BCUT2D eigenvalue weighted by Crippen LogP contribution is 2.29. The first-order valence-corrected chi connectivity index (χ1v) is 6.52. The summed E-state index contributed by atoms with van der Waals surface area (Å²) >= 11 is 1.51. The molecule has 0 aliphatic heterocycles. The number of aromatic nitrogens is 1. The Hall–Kier alpha value is -1.30. The van der Waals surface area contributed by atoms with Gasteiger partial charge in [-0.05, 0) is 24.1 Å². The van der Waals surface area contributed by atoms with E-state index in [9.17, 15) is 9.50 Å². The smallest absolute Gasteiger partial charge is 0.123 e. The number of nitrogens with zero attached hydrogens (tertiary/aromatic N) is 1. The minimum atomic E-state index is -0.644. The van der Waals surface area contributed by atoms with E-state index in [0.29, 0.717) is 6.42 Å². The average molecular weight is 266 g/mol. The Morgan fingerprint density at radius 1 is 1.44 bits per heavy atom. The third kappa shape index (κ3) is 2.58. The van der Waals surface area contributed by atoms with E-state index in [1.54, 1.807) is 23.8 Å². The summed E-state index contributed by atoms with van der Waals surface area (Å²) < 4.78 is 13.3. The number of benzene rings is 1. The summed E-state index contributed by atoms with van der Waals surface area (Å²) in [5.41, 5.74) is 7.63. The van der Waals surface area contributed by atoms with Crippen LogP contribution in [0.4, 0.5) is 4.39 Å². The van der Waals surface area contributed by atoms with Crippen LogP contribution in [0.25, 0.3) is 0 Å². The lowest BCUT2D eigenvalue weighted by Gasteiger charge is -2.30. The normalized spacial score (nSPS) is 14.4. The Bertz CT molecular complexity index is 497. The van der Waals surface area contributed by atoms with Gasteiger partial charge < -0.3 is 10.8 Å². The molecule has 0 saturated heterocycles. The highest BCUT2D eigenvalue weighted by Gasteiger charge is 2.31. The largest absolute Gasteiger partial charge is 0.395 e. The first-order valence-electron chi connectivity index (χ1n) is 5.64. The van der Waals surface area contributed by atoms with Gasteiger partial charge in [-0.3, -0.25) is 4.98 Å². The predicted molar refractivity (Wildman–Crippen MR) is 70.0 cm³/mol. The van der Waals surface area contributed by atoms with E-state index in [0.717, 1.165) is 10.4 Å². The van der Waals surface area contributed by atoms with Crippen molar-refractivity contribution in [3.63, 3.8) is 0 Å². The highest BCUT2D eigenvalue weighted by atomic mass is 32.1. The van der Waals surface area contributed by atoms with Crippen molar-refractivity contribution in [2.24, 2.45) is 5.73 Å². The Balaban J connectivity index is 2.37. The molecule has 2 aromatic rings. The number of rotatable bonds is 5. The summed E-state index contributed by atoms with van der Waals surface area (Å²) in [6.07, 6.45) is 2.32. The minimum Gasteiger partial charge on any atom is -0.395 e. The summed E-state index contributed by atoms with van der Waals surface area (Å²) in [4.78, 5) is 5.03. The molecular formula is C13H15FN2OS. The summed E-state index contributed by atoms with van der Waals surface area (Å²) in [5, 5.41) is 9.70. The molecule has 0 amide bonds. The Morgan fingerprint density at radius 3 is 2.83 bits per heavy atom. The number of aliphatic hydroxyl groups is 1. The molecule has 1 atom stereocenters. The molecule has 0 spiro atoms. The van der Waals surface area contributed by atoms with Crippen LogP contribution in [0.15, 0.2) is 36.0 Å². The van der Waals surface area contributed by atoms with E-state index >= 15 is 0 Å². The number of aliphatic hydroxyl groups excluding tert-OH is 1. The van der Waals surface area contributed by atoms with Crippen LogP contribution in [0.5, 0.6) is 0 Å².